The molecule has 0 bridgehead atoms. The smallest absolute Gasteiger partial charge is 0.328 e. The molecule has 18 heteroatoms. The average molecular weight is 663 g/mol. The Balaban J connectivity index is 2.09. The van der Waals surface area contributed by atoms with Gasteiger partial charge >= 0.3 is 5.97 Å². The second-order valence-corrected chi connectivity index (χ2v) is 10.3. The Bertz CT molecular complexity index is 1390. The van der Waals surface area contributed by atoms with Crippen molar-refractivity contribution >= 4 is 35.5 Å². The molecule has 13 N–H and O–H groups in total. The molecule has 0 aliphatic heterocycles. The fraction of sp³-hybridized carbons (Fsp3) is 0.379. The van der Waals surface area contributed by atoms with Crippen LogP contribution in [0.4, 0.5) is 0 Å². The van der Waals surface area contributed by atoms with Crippen molar-refractivity contribution < 1.29 is 59.4 Å². The van der Waals surface area contributed by atoms with Gasteiger partial charge < -0.3 is 63.0 Å². The van der Waals surface area contributed by atoms with E-state index in [9.17, 15) is 54.3 Å². The van der Waals surface area contributed by atoms with Gasteiger partial charge in [-0.25, -0.2) is 4.79 Å². The monoisotopic (exact) mass is 662 g/mol. The van der Waals surface area contributed by atoms with Crippen LogP contribution in [0.1, 0.15) is 11.1 Å². The third-order valence-electron chi connectivity index (χ3n) is 6.61. The van der Waals surface area contributed by atoms with Gasteiger partial charge in [0.15, 0.2) is 0 Å². The number of hydrogen-bond acceptors (Lipinski definition) is 12. The van der Waals surface area contributed by atoms with Crippen LogP contribution in [0, 0.1) is 0 Å². The number of carboxylic acid groups (broad SMARTS) is 1. The predicted octanol–water partition coefficient (Wildman–Crippen LogP) is -4.67. The van der Waals surface area contributed by atoms with E-state index in [1.54, 1.807) is 0 Å². The quantitative estimate of drug-likeness (QED) is 0.0715. The van der Waals surface area contributed by atoms with Crippen molar-refractivity contribution in [2.75, 3.05) is 26.4 Å². The lowest BCUT2D eigenvalue weighted by Crippen LogP contribution is -2.58. The molecule has 0 spiro atoms. The van der Waals surface area contributed by atoms with Crippen molar-refractivity contribution in [3.63, 3.8) is 0 Å². The summed E-state index contributed by atoms with van der Waals surface area (Å²) in [4.78, 5) is 75.0. The highest BCUT2D eigenvalue weighted by atomic mass is 16.4. The summed E-state index contributed by atoms with van der Waals surface area (Å²) >= 11 is 0. The van der Waals surface area contributed by atoms with Crippen LogP contribution in [0.2, 0.25) is 0 Å². The molecule has 5 amide bonds. The Labute approximate surface area is 268 Å². The minimum absolute atomic E-state index is 0.0518. The first-order valence-corrected chi connectivity index (χ1v) is 14.1. The minimum atomic E-state index is -1.67. The van der Waals surface area contributed by atoms with Crippen molar-refractivity contribution in [2.45, 2.75) is 43.1 Å². The Kier molecular flexibility index (Phi) is 15.0. The number of aliphatic hydroxyl groups is 3. The Morgan fingerprint density at radius 1 is 0.574 bits per heavy atom. The van der Waals surface area contributed by atoms with Crippen molar-refractivity contribution in [3.05, 3.63) is 59.7 Å². The maximum Gasteiger partial charge on any atom is 0.328 e. The van der Waals surface area contributed by atoms with Crippen LogP contribution in [-0.4, -0.2) is 123 Å². The molecular formula is C29H38N6O12. The number of carbonyl (C=O) groups excluding carboxylic acids is 5. The maximum atomic E-state index is 13.1. The number of carbonyl (C=O) groups is 6. The number of nitrogens with one attached hydrogen (secondary N) is 5. The summed E-state index contributed by atoms with van der Waals surface area (Å²) in [6.45, 7) is -3.34. The normalized spacial score (nSPS) is 14.0. The van der Waals surface area contributed by atoms with Gasteiger partial charge in [0.25, 0.3) is 0 Å². The molecule has 0 unspecified atom stereocenters. The molecule has 0 heterocycles. The number of nitrogens with two attached hydrogens (primary N) is 1. The zero-order chi connectivity index (χ0) is 35.1. The molecule has 256 valence electrons. The van der Waals surface area contributed by atoms with Gasteiger partial charge in [-0.1, -0.05) is 24.3 Å². The lowest BCUT2D eigenvalue weighted by Gasteiger charge is -2.23. The molecule has 5 atom stereocenters. The number of aromatic hydroxyl groups is 2. The summed E-state index contributed by atoms with van der Waals surface area (Å²) in [7, 11) is 0. The van der Waals surface area contributed by atoms with Gasteiger partial charge in [-0.15, -0.1) is 0 Å². The largest absolute Gasteiger partial charge is 0.508 e. The number of phenolic OH excluding ortho intramolecular Hbond substituents is 2. The molecule has 0 aliphatic rings. The average Bonchev–Trinajstić information content (AvgIpc) is 3.05. The third-order valence-corrected chi connectivity index (χ3v) is 6.61. The van der Waals surface area contributed by atoms with Crippen molar-refractivity contribution in [3.8, 4) is 11.5 Å². The molecule has 0 aliphatic carbocycles. The standard InChI is InChI=1S/C29H38N6O12/c30-19(12-36)25(42)33-21(10-16-3-7-18(40)8-4-16)28(45)34-22(13-37)26(43)31-11-24(41)32-20(9-15-1-5-17(39)6-2-15)27(44)35-23(14-38)29(46)47/h1-8,19-23,36-40H,9-14,30H2,(H,31,43)(H,32,41)(H,33,42)(H,34,45)(H,35,44)(H,46,47)/t19-,20-,21-,22-,23-/m0/s1. The number of amides is 5. The van der Waals surface area contributed by atoms with E-state index in [0.29, 0.717) is 11.1 Å². The molecule has 18 nitrogen and oxygen atoms in total. The lowest BCUT2D eigenvalue weighted by atomic mass is 10.0. The fourth-order valence-corrected chi connectivity index (χ4v) is 3.98. The fourth-order valence-electron chi connectivity index (χ4n) is 3.98. The van der Waals surface area contributed by atoms with Crippen LogP contribution in [0.3, 0.4) is 0 Å². The highest BCUT2D eigenvalue weighted by Gasteiger charge is 2.30. The van der Waals surface area contributed by atoms with E-state index in [1.807, 2.05) is 0 Å². The van der Waals surface area contributed by atoms with Crippen LogP contribution in [0.15, 0.2) is 48.5 Å². The lowest BCUT2D eigenvalue weighted by molar-refractivity contribution is -0.143. The number of hydrogen-bond donors (Lipinski definition) is 12. The first-order valence-electron chi connectivity index (χ1n) is 14.1. The Morgan fingerprint density at radius 2 is 1.00 bits per heavy atom. The Hall–Kier alpha value is -5.30. The predicted molar refractivity (Wildman–Crippen MR) is 161 cm³/mol. The zero-order valence-corrected chi connectivity index (χ0v) is 25.0. The van der Waals surface area contributed by atoms with E-state index in [0.717, 1.165) is 0 Å². The first-order chi connectivity index (χ1) is 22.3. The van der Waals surface area contributed by atoms with Gasteiger partial charge in [0, 0.05) is 12.8 Å². The van der Waals surface area contributed by atoms with Gasteiger partial charge in [-0.3, -0.25) is 24.0 Å². The highest BCUT2D eigenvalue weighted by molar-refractivity contribution is 5.95. The summed E-state index contributed by atoms with van der Waals surface area (Å²) in [5.41, 5.74) is 6.47. The minimum Gasteiger partial charge on any atom is -0.508 e. The summed E-state index contributed by atoms with van der Waals surface area (Å²) in [6.07, 6.45) is -0.311. The molecule has 0 aromatic heterocycles. The number of rotatable bonds is 18. The zero-order valence-electron chi connectivity index (χ0n) is 25.0. The van der Waals surface area contributed by atoms with Gasteiger partial charge in [0.2, 0.25) is 29.5 Å². The molecule has 0 saturated carbocycles. The second-order valence-electron chi connectivity index (χ2n) is 10.3. The summed E-state index contributed by atoms with van der Waals surface area (Å²) in [6, 6.07) is 3.81. The van der Waals surface area contributed by atoms with Crippen LogP contribution in [0.5, 0.6) is 11.5 Å². The molecule has 0 fully saturated rings. The van der Waals surface area contributed by atoms with E-state index in [2.05, 4.69) is 26.6 Å². The number of aliphatic carboxylic acids is 1. The van der Waals surface area contributed by atoms with E-state index >= 15 is 0 Å². The molecule has 2 aromatic carbocycles. The first kappa shape index (κ1) is 37.9. The summed E-state index contributed by atoms with van der Waals surface area (Å²) < 4.78 is 0. The number of benzene rings is 2. The van der Waals surface area contributed by atoms with Gasteiger partial charge in [0.05, 0.1) is 26.4 Å². The van der Waals surface area contributed by atoms with Gasteiger partial charge in [-0.05, 0) is 35.4 Å². The van der Waals surface area contributed by atoms with Gasteiger partial charge in [0.1, 0.15) is 41.7 Å². The van der Waals surface area contributed by atoms with Crippen LogP contribution in [0.25, 0.3) is 0 Å². The van der Waals surface area contributed by atoms with Gasteiger partial charge in [-0.2, -0.15) is 0 Å². The third kappa shape index (κ3) is 12.5. The van der Waals surface area contributed by atoms with E-state index in [1.165, 1.54) is 48.5 Å². The summed E-state index contributed by atoms with van der Waals surface area (Å²) in [5, 5.41) is 67.6. The Morgan fingerprint density at radius 3 is 1.43 bits per heavy atom. The van der Waals surface area contributed by atoms with E-state index in [-0.39, 0.29) is 24.3 Å². The second kappa shape index (κ2) is 18.6. The maximum absolute atomic E-state index is 13.1. The van der Waals surface area contributed by atoms with Crippen molar-refractivity contribution in [1.29, 1.82) is 0 Å². The van der Waals surface area contributed by atoms with Crippen LogP contribution >= 0.6 is 0 Å². The molecule has 0 radical (unpaired) electrons. The number of aliphatic hydroxyl groups excluding tert-OH is 3. The molecular weight excluding hydrogens is 624 g/mol. The highest BCUT2D eigenvalue weighted by Crippen LogP contribution is 2.13. The van der Waals surface area contributed by atoms with Crippen LogP contribution in [-0.2, 0) is 41.6 Å². The molecule has 2 aromatic rings. The van der Waals surface area contributed by atoms with Crippen molar-refractivity contribution in [2.24, 2.45) is 5.73 Å². The number of carboxylic acids is 1. The summed E-state index contributed by atoms with van der Waals surface area (Å²) in [5.74, 6) is -6.38. The molecule has 47 heavy (non-hydrogen) atoms. The SMILES string of the molecule is N[C@@H](CO)C(=O)N[C@@H](Cc1ccc(O)cc1)C(=O)N[C@@H](CO)C(=O)NCC(=O)N[C@@H](Cc1ccc(O)cc1)C(=O)N[C@@H](CO)C(=O)O. The van der Waals surface area contributed by atoms with Crippen LogP contribution < -0.4 is 32.3 Å². The van der Waals surface area contributed by atoms with E-state index in [4.69, 9.17) is 10.8 Å². The van der Waals surface area contributed by atoms with E-state index < -0.39 is 92.1 Å². The molecule has 0 saturated heterocycles. The topological polar surface area (TPSA) is 310 Å². The van der Waals surface area contributed by atoms with Crippen molar-refractivity contribution in [1.82, 2.24) is 26.6 Å². The number of phenols is 2. The molecule has 2 rings (SSSR count).